The van der Waals surface area contributed by atoms with E-state index in [0.717, 1.165) is 13.1 Å². The van der Waals surface area contributed by atoms with Crippen LogP contribution >= 0.6 is 0 Å². The van der Waals surface area contributed by atoms with Gasteiger partial charge in [-0.2, -0.15) is 0 Å². The molecule has 25 heavy (non-hydrogen) atoms. The average molecular weight is 341 g/mol. The fraction of sp³-hybridized carbons (Fsp3) is 0.381. The third kappa shape index (κ3) is 4.27. The van der Waals surface area contributed by atoms with Crippen LogP contribution in [-0.4, -0.2) is 41.7 Å². The van der Waals surface area contributed by atoms with Gasteiger partial charge in [-0.3, -0.25) is 4.90 Å². The van der Waals surface area contributed by atoms with Crippen molar-refractivity contribution in [3.63, 3.8) is 0 Å². The first-order valence-electron chi connectivity index (χ1n) is 8.78. The minimum atomic E-state index is -1.81. The number of rotatable bonds is 8. The normalized spacial score (nSPS) is 12.8. The van der Waals surface area contributed by atoms with E-state index in [4.69, 9.17) is 4.74 Å². The molecule has 0 radical (unpaired) electrons. The van der Waals surface area contributed by atoms with Crippen molar-refractivity contribution >= 4 is 5.97 Å². The van der Waals surface area contributed by atoms with E-state index in [1.807, 2.05) is 19.1 Å². The Balaban J connectivity index is 2.26. The molecule has 2 aromatic rings. The van der Waals surface area contributed by atoms with Crippen molar-refractivity contribution in [2.45, 2.75) is 32.4 Å². The van der Waals surface area contributed by atoms with Gasteiger partial charge in [-0.05, 0) is 31.1 Å². The zero-order valence-electron chi connectivity index (χ0n) is 15.2. The first-order valence-corrected chi connectivity index (χ1v) is 8.78. The van der Waals surface area contributed by atoms with Gasteiger partial charge < -0.3 is 9.84 Å². The van der Waals surface area contributed by atoms with Gasteiger partial charge >= 0.3 is 5.97 Å². The van der Waals surface area contributed by atoms with E-state index in [-0.39, 0.29) is 12.6 Å². The van der Waals surface area contributed by atoms with Crippen LogP contribution in [0, 0.1) is 0 Å². The lowest BCUT2D eigenvalue weighted by Gasteiger charge is -2.30. The van der Waals surface area contributed by atoms with Crippen LogP contribution in [0.25, 0.3) is 0 Å². The highest BCUT2D eigenvalue weighted by Crippen LogP contribution is 2.31. The van der Waals surface area contributed by atoms with Gasteiger partial charge in [0.2, 0.25) is 5.60 Å². The summed E-state index contributed by atoms with van der Waals surface area (Å²) in [6.07, 6.45) is 0. The van der Waals surface area contributed by atoms with Crippen molar-refractivity contribution in [3.8, 4) is 0 Å². The maximum atomic E-state index is 12.9. The van der Waals surface area contributed by atoms with Crippen LogP contribution in [0.4, 0.5) is 0 Å². The maximum absolute atomic E-state index is 12.9. The number of hydrogen-bond acceptors (Lipinski definition) is 4. The molecule has 4 heteroatoms. The highest BCUT2D eigenvalue weighted by molar-refractivity contribution is 5.85. The third-order valence-corrected chi connectivity index (χ3v) is 4.57. The second-order valence-electron chi connectivity index (χ2n) is 6.11. The highest BCUT2D eigenvalue weighted by Gasteiger charge is 2.41. The predicted octanol–water partition coefficient (Wildman–Crippen LogP) is 3.20. The highest BCUT2D eigenvalue weighted by atomic mass is 16.6. The summed E-state index contributed by atoms with van der Waals surface area (Å²) < 4.78 is 5.53. The summed E-state index contributed by atoms with van der Waals surface area (Å²) in [4.78, 5) is 15.1. The van der Waals surface area contributed by atoms with Crippen molar-refractivity contribution in [2.24, 2.45) is 0 Å². The lowest BCUT2D eigenvalue weighted by molar-refractivity contribution is -0.163. The quantitative estimate of drug-likeness (QED) is 0.749. The molecule has 2 aromatic carbocycles. The molecule has 0 spiro atoms. The largest absolute Gasteiger partial charge is 0.461 e. The smallest absolute Gasteiger partial charge is 0.347 e. The lowest BCUT2D eigenvalue weighted by atomic mass is 9.86. The summed E-state index contributed by atoms with van der Waals surface area (Å²) in [6, 6.07) is 17.9. The molecule has 0 aliphatic carbocycles. The minimum absolute atomic E-state index is 0.0924. The number of aliphatic hydroxyl groups is 1. The van der Waals surface area contributed by atoms with E-state index < -0.39 is 11.6 Å². The summed E-state index contributed by atoms with van der Waals surface area (Å²) in [5.41, 5.74) is -0.811. The van der Waals surface area contributed by atoms with Gasteiger partial charge in [0.05, 0.1) is 0 Å². The Hall–Kier alpha value is -2.17. The molecule has 1 unspecified atom stereocenters. The Labute approximate surface area is 150 Å². The van der Waals surface area contributed by atoms with Crippen LogP contribution < -0.4 is 0 Å². The van der Waals surface area contributed by atoms with Gasteiger partial charge in [0.25, 0.3) is 0 Å². The van der Waals surface area contributed by atoms with Crippen LogP contribution in [-0.2, 0) is 15.1 Å². The molecule has 2 rings (SSSR count). The van der Waals surface area contributed by atoms with Gasteiger partial charge in [-0.25, -0.2) is 4.79 Å². The molecule has 0 heterocycles. The molecule has 4 nitrogen and oxygen atoms in total. The number of benzene rings is 2. The van der Waals surface area contributed by atoms with Gasteiger partial charge in [-0.1, -0.05) is 74.5 Å². The van der Waals surface area contributed by atoms with Crippen LogP contribution in [0.15, 0.2) is 60.7 Å². The van der Waals surface area contributed by atoms with Gasteiger partial charge in [0.15, 0.2) is 0 Å². The summed E-state index contributed by atoms with van der Waals surface area (Å²) in [7, 11) is 0. The number of hydrogen-bond donors (Lipinski definition) is 1. The molecule has 0 saturated heterocycles. The van der Waals surface area contributed by atoms with E-state index in [2.05, 4.69) is 18.7 Å². The van der Waals surface area contributed by atoms with Gasteiger partial charge in [0, 0.05) is 6.04 Å². The Bertz CT molecular complexity index is 614. The molecule has 1 atom stereocenters. The van der Waals surface area contributed by atoms with Crippen molar-refractivity contribution in [1.29, 1.82) is 0 Å². The standard InChI is InChI=1S/C21H27NO3/c1-4-22(5-2)17(3)16-25-20(23)21(24,18-12-8-6-9-13-18)19-14-10-7-11-15-19/h6-15,17,24H,4-5,16H2,1-3H3. The van der Waals surface area contributed by atoms with Crippen LogP contribution in [0.5, 0.6) is 0 Å². The predicted molar refractivity (Wildman–Crippen MR) is 99.2 cm³/mol. The third-order valence-electron chi connectivity index (χ3n) is 4.57. The molecule has 0 amide bonds. The zero-order chi connectivity index (χ0) is 18.3. The number of carbonyl (C=O) groups is 1. The van der Waals surface area contributed by atoms with Crippen molar-refractivity contribution in [2.75, 3.05) is 19.7 Å². The van der Waals surface area contributed by atoms with Gasteiger partial charge in [0.1, 0.15) is 6.61 Å². The first-order chi connectivity index (χ1) is 12.0. The monoisotopic (exact) mass is 341 g/mol. The van der Waals surface area contributed by atoms with Crippen LogP contribution in [0.1, 0.15) is 31.9 Å². The topological polar surface area (TPSA) is 49.8 Å². The average Bonchev–Trinajstić information content (AvgIpc) is 2.67. The Morgan fingerprint density at radius 2 is 1.44 bits per heavy atom. The van der Waals surface area contributed by atoms with E-state index in [9.17, 15) is 9.90 Å². The number of carbonyl (C=O) groups excluding carboxylic acids is 1. The van der Waals surface area contributed by atoms with Crippen molar-refractivity contribution in [1.82, 2.24) is 4.90 Å². The molecule has 0 aliphatic heterocycles. The van der Waals surface area contributed by atoms with Gasteiger partial charge in [-0.15, -0.1) is 0 Å². The van der Waals surface area contributed by atoms with E-state index >= 15 is 0 Å². The van der Waals surface area contributed by atoms with E-state index in [1.54, 1.807) is 48.5 Å². The second kappa shape index (κ2) is 8.79. The molecule has 0 fully saturated rings. The SMILES string of the molecule is CCN(CC)C(C)COC(=O)C(O)(c1ccccc1)c1ccccc1. The van der Waals surface area contributed by atoms with E-state index in [1.165, 1.54) is 0 Å². The number of nitrogens with zero attached hydrogens (tertiary/aromatic N) is 1. The summed E-state index contributed by atoms with van der Waals surface area (Å²) in [6.45, 7) is 8.18. The van der Waals surface area contributed by atoms with Crippen molar-refractivity contribution < 1.29 is 14.6 Å². The molecular weight excluding hydrogens is 314 g/mol. The van der Waals surface area contributed by atoms with Crippen LogP contribution in [0.2, 0.25) is 0 Å². The summed E-state index contributed by atoms with van der Waals surface area (Å²) in [5.74, 6) is -0.649. The maximum Gasteiger partial charge on any atom is 0.347 e. The molecule has 0 aliphatic rings. The summed E-state index contributed by atoms with van der Waals surface area (Å²) >= 11 is 0. The first kappa shape index (κ1) is 19.2. The molecule has 0 bridgehead atoms. The Morgan fingerprint density at radius 3 is 1.84 bits per heavy atom. The minimum Gasteiger partial charge on any atom is -0.461 e. The fourth-order valence-corrected chi connectivity index (χ4v) is 3.01. The Morgan fingerprint density at radius 1 is 1.00 bits per heavy atom. The fourth-order valence-electron chi connectivity index (χ4n) is 3.01. The van der Waals surface area contributed by atoms with E-state index in [0.29, 0.717) is 11.1 Å². The van der Waals surface area contributed by atoms with Crippen molar-refractivity contribution in [3.05, 3.63) is 71.8 Å². The number of ether oxygens (including phenoxy) is 1. The Kier molecular flexibility index (Phi) is 6.73. The molecular formula is C21H27NO3. The molecule has 1 N–H and O–H groups in total. The second-order valence-corrected chi connectivity index (χ2v) is 6.11. The summed E-state index contributed by atoms with van der Waals surface area (Å²) in [5, 5.41) is 11.3. The lowest BCUT2D eigenvalue weighted by Crippen LogP contribution is -2.42. The van der Waals surface area contributed by atoms with Crippen LogP contribution in [0.3, 0.4) is 0 Å². The molecule has 0 saturated carbocycles. The molecule has 134 valence electrons. The molecule has 0 aromatic heterocycles. The number of likely N-dealkylation sites (N-methyl/N-ethyl adjacent to an activating group) is 1. The zero-order valence-corrected chi connectivity index (χ0v) is 15.2. The number of esters is 1.